The minimum absolute atomic E-state index is 0.0537. The number of carbonyl (C=O) groups is 1. The average Bonchev–Trinajstić information content (AvgIpc) is 3.01. The zero-order valence-corrected chi connectivity index (χ0v) is 13.6. The average molecular weight is 306 g/mol. The quantitative estimate of drug-likeness (QED) is 0.838. The molecule has 2 aliphatic rings. The van der Waals surface area contributed by atoms with Crippen LogP contribution in [0, 0.1) is 6.92 Å². The van der Waals surface area contributed by atoms with Gasteiger partial charge in [-0.15, -0.1) is 0 Å². The van der Waals surface area contributed by atoms with Crippen molar-refractivity contribution in [2.24, 2.45) is 0 Å². The summed E-state index contributed by atoms with van der Waals surface area (Å²) in [5.74, 6) is 0.246. The summed E-state index contributed by atoms with van der Waals surface area (Å²) in [5.41, 5.74) is 1.17. The zero-order valence-electron chi connectivity index (χ0n) is 13.6. The molecule has 122 valence electrons. The molecule has 0 aromatic carbocycles. The molecule has 1 amide bonds. The van der Waals surface area contributed by atoms with Crippen molar-refractivity contribution in [2.45, 2.75) is 38.8 Å². The Morgan fingerprint density at radius 3 is 2.82 bits per heavy atom. The van der Waals surface area contributed by atoms with E-state index in [1.165, 1.54) is 5.56 Å². The summed E-state index contributed by atoms with van der Waals surface area (Å²) in [6, 6.07) is 0.255. The Labute approximate surface area is 132 Å². The van der Waals surface area contributed by atoms with E-state index in [2.05, 4.69) is 23.1 Å². The zero-order chi connectivity index (χ0) is 15.5. The molecule has 6 heteroatoms. The first-order valence-corrected chi connectivity index (χ1v) is 8.26. The second kappa shape index (κ2) is 6.79. The minimum atomic E-state index is -0.0537. The highest BCUT2D eigenvalue weighted by Gasteiger charge is 2.31. The molecule has 0 spiro atoms. The number of piperidine rings is 1. The molecule has 2 fully saturated rings. The van der Waals surface area contributed by atoms with Crippen molar-refractivity contribution in [3.05, 3.63) is 18.0 Å². The summed E-state index contributed by atoms with van der Waals surface area (Å²) < 4.78 is 7.40. The van der Waals surface area contributed by atoms with Crippen LogP contribution in [0.5, 0.6) is 0 Å². The fourth-order valence-electron chi connectivity index (χ4n) is 3.39. The summed E-state index contributed by atoms with van der Waals surface area (Å²) in [6.07, 6.45) is 6.10. The number of aryl methyl sites for hydroxylation is 1. The number of rotatable bonds is 3. The molecular weight excluding hydrogens is 280 g/mol. The summed E-state index contributed by atoms with van der Waals surface area (Å²) in [4.78, 5) is 17.0. The van der Waals surface area contributed by atoms with Gasteiger partial charge in [0.25, 0.3) is 0 Å². The molecule has 6 nitrogen and oxygen atoms in total. The van der Waals surface area contributed by atoms with Gasteiger partial charge in [-0.05, 0) is 32.3 Å². The normalized spacial score (nSPS) is 25.2. The molecule has 2 saturated heterocycles. The van der Waals surface area contributed by atoms with E-state index in [1.807, 2.05) is 22.7 Å². The van der Waals surface area contributed by atoms with Crippen LogP contribution >= 0.6 is 0 Å². The summed E-state index contributed by atoms with van der Waals surface area (Å²) in [7, 11) is 0. The van der Waals surface area contributed by atoms with E-state index in [1.54, 1.807) is 0 Å². The van der Waals surface area contributed by atoms with Gasteiger partial charge >= 0.3 is 0 Å². The van der Waals surface area contributed by atoms with Gasteiger partial charge < -0.3 is 9.64 Å². The van der Waals surface area contributed by atoms with Crippen molar-refractivity contribution >= 4 is 5.91 Å². The first-order chi connectivity index (χ1) is 10.6. The lowest BCUT2D eigenvalue weighted by Crippen LogP contribution is -2.53. The number of ether oxygens (including phenoxy) is 1. The highest BCUT2D eigenvalue weighted by Crippen LogP contribution is 2.22. The molecule has 3 rings (SSSR count). The number of likely N-dealkylation sites (tertiary alicyclic amines) is 1. The predicted molar refractivity (Wildman–Crippen MR) is 83.7 cm³/mol. The van der Waals surface area contributed by atoms with Gasteiger partial charge in [-0.25, -0.2) is 0 Å². The Bertz CT molecular complexity index is 510. The van der Waals surface area contributed by atoms with Gasteiger partial charge in [-0.3, -0.25) is 14.4 Å². The third-order valence-corrected chi connectivity index (χ3v) is 4.76. The van der Waals surface area contributed by atoms with Gasteiger partial charge in [0.1, 0.15) is 0 Å². The Morgan fingerprint density at radius 1 is 1.36 bits per heavy atom. The van der Waals surface area contributed by atoms with E-state index in [9.17, 15) is 4.79 Å². The summed E-state index contributed by atoms with van der Waals surface area (Å²) >= 11 is 0. The smallest absolute Gasteiger partial charge is 0.239 e. The second-order valence-electron chi connectivity index (χ2n) is 6.40. The Balaban J connectivity index is 1.62. The Kier molecular flexibility index (Phi) is 4.78. The molecule has 0 aliphatic carbocycles. The van der Waals surface area contributed by atoms with Crippen LogP contribution in [0.2, 0.25) is 0 Å². The third kappa shape index (κ3) is 3.33. The van der Waals surface area contributed by atoms with Crippen LogP contribution in [0.4, 0.5) is 0 Å². The number of aromatic nitrogens is 2. The topological polar surface area (TPSA) is 50.6 Å². The first-order valence-electron chi connectivity index (χ1n) is 8.26. The van der Waals surface area contributed by atoms with Crippen LogP contribution in [0.3, 0.4) is 0 Å². The SMILES string of the molecule is Cc1cnn([C@@H]2CCCN(C(=O)[C@H](C)N3CCOCC3)C2)c1. The van der Waals surface area contributed by atoms with Gasteiger partial charge in [0.2, 0.25) is 5.91 Å². The van der Waals surface area contributed by atoms with E-state index >= 15 is 0 Å². The molecule has 2 aliphatic heterocycles. The number of hydrogen-bond donors (Lipinski definition) is 0. The monoisotopic (exact) mass is 306 g/mol. The van der Waals surface area contributed by atoms with Crippen LogP contribution in [0.15, 0.2) is 12.4 Å². The summed E-state index contributed by atoms with van der Waals surface area (Å²) in [5, 5.41) is 4.42. The van der Waals surface area contributed by atoms with E-state index in [-0.39, 0.29) is 11.9 Å². The van der Waals surface area contributed by atoms with Crippen LogP contribution in [-0.2, 0) is 9.53 Å². The molecule has 0 N–H and O–H groups in total. The van der Waals surface area contributed by atoms with E-state index in [0.29, 0.717) is 6.04 Å². The number of nitrogens with zero attached hydrogens (tertiary/aromatic N) is 4. The van der Waals surface area contributed by atoms with E-state index < -0.39 is 0 Å². The lowest BCUT2D eigenvalue weighted by Gasteiger charge is -2.38. The van der Waals surface area contributed by atoms with Crippen LogP contribution < -0.4 is 0 Å². The van der Waals surface area contributed by atoms with Crippen LogP contribution in [-0.4, -0.2) is 70.9 Å². The lowest BCUT2D eigenvalue weighted by molar-refractivity contribution is -0.139. The molecule has 22 heavy (non-hydrogen) atoms. The third-order valence-electron chi connectivity index (χ3n) is 4.76. The van der Waals surface area contributed by atoms with Crippen molar-refractivity contribution < 1.29 is 9.53 Å². The molecule has 1 aromatic heterocycles. The van der Waals surface area contributed by atoms with E-state index in [4.69, 9.17) is 4.74 Å². The van der Waals surface area contributed by atoms with Gasteiger partial charge in [0.15, 0.2) is 0 Å². The molecule has 0 saturated carbocycles. The number of carbonyl (C=O) groups excluding carboxylic acids is 1. The lowest BCUT2D eigenvalue weighted by atomic mass is 10.0. The van der Waals surface area contributed by atoms with Crippen molar-refractivity contribution in [3.63, 3.8) is 0 Å². The van der Waals surface area contributed by atoms with Gasteiger partial charge in [0.05, 0.1) is 31.5 Å². The summed E-state index contributed by atoms with van der Waals surface area (Å²) in [6.45, 7) is 8.87. The largest absolute Gasteiger partial charge is 0.379 e. The minimum Gasteiger partial charge on any atom is -0.379 e. The number of hydrogen-bond acceptors (Lipinski definition) is 4. The molecule has 0 unspecified atom stereocenters. The molecular formula is C16H26N4O2. The fraction of sp³-hybridized carbons (Fsp3) is 0.750. The number of morpholine rings is 1. The highest BCUT2D eigenvalue weighted by molar-refractivity contribution is 5.81. The van der Waals surface area contributed by atoms with Crippen LogP contribution in [0.25, 0.3) is 0 Å². The highest BCUT2D eigenvalue weighted by atomic mass is 16.5. The molecule has 3 heterocycles. The van der Waals surface area contributed by atoms with Crippen molar-refractivity contribution in [3.8, 4) is 0 Å². The second-order valence-corrected chi connectivity index (χ2v) is 6.40. The van der Waals surface area contributed by atoms with Gasteiger partial charge in [-0.2, -0.15) is 5.10 Å². The maximum atomic E-state index is 12.8. The molecule has 2 atom stereocenters. The standard InChI is InChI=1S/C16H26N4O2/c1-13-10-17-20(11-13)15-4-3-5-19(12-15)16(21)14(2)18-6-8-22-9-7-18/h10-11,14-15H,3-9,12H2,1-2H3/t14-,15+/m0/s1. The molecule has 1 aromatic rings. The Hall–Kier alpha value is -1.40. The number of amides is 1. The molecule has 0 radical (unpaired) electrons. The Morgan fingerprint density at radius 2 is 2.14 bits per heavy atom. The van der Waals surface area contributed by atoms with Crippen LogP contribution in [0.1, 0.15) is 31.4 Å². The maximum Gasteiger partial charge on any atom is 0.239 e. The van der Waals surface area contributed by atoms with Gasteiger partial charge in [0, 0.05) is 32.4 Å². The van der Waals surface area contributed by atoms with Crippen molar-refractivity contribution in [2.75, 3.05) is 39.4 Å². The van der Waals surface area contributed by atoms with Crippen molar-refractivity contribution in [1.82, 2.24) is 19.6 Å². The fourth-order valence-corrected chi connectivity index (χ4v) is 3.39. The molecule has 0 bridgehead atoms. The first kappa shape index (κ1) is 15.5. The maximum absolute atomic E-state index is 12.8. The van der Waals surface area contributed by atoms with Gasteiger partial charge in [-0.1, -0.05) is 0 Å². The predicted octanol–water partition coefficient (Wildman–Crippen LogP) is 1.08. The van der Waals surface area contributed by atoms with Crippen molar-refractivity contribution in [1.29, 1.82) is 0 Å². The van der Waals surface area contributed by atoms with E-state index in [0.717, 1.165) is 52.2 Å².